The number of aromatic nitrogens is 1. The molecule has 0 saturated carbocycles. The minimum Gasteiger partial charge on any atom is -0.310 e. The monoisotopic (exact) mass is 219 g/mol. The third kappa shape index (κ3) is 2.79. The van der Waals surface area contributed by atoms with Crippen molar-refractivity contribution in [3.05, 3.63) is 24.4 Å². The lowest BCUT2D eigenvalue weighted by molar-refractivity contribution is -0.121. The summed E-state index contributed by atoms with van der Waals surface area (Å²) in [5, 5.41) is 2.86. The van der Waals surface area contributed by atoms with Crippen LogP contribution in [0.25, 0.3) is 0 Å². The second-order valence-corrected chi connectivity index (χ2v) is 4.31. The molecule has 1 N–H and O–H groups in total. The summed E-state index contributed by atoms with van der Waals surface area (Å²) in [7, 11) is 2.06. The molecule has 1 aliphatic rings. The van der Waals surface area contributed by atoms with Gasteiger partial charge in [-0.2, -0.15) is 0 Å². The lowest BCUT2D eigenvalue weighted by Gasteiger charge is -2.28. The Bertz CT molecular complexity index is 353. The summed E-state index contributed by atoms with van der Waals surface area (Å²) >= 11 is 0. The zero-order valence-corrected chi connectivity index (χ0v) is 9.52. The van der Waals surface area contributed by atoms with Crippen LogP contribution in [0.4, 0.5) is 5.82 Å². The van der Waals surface area contributed by atoms with E-state index in [1.54, 1.807) is 6.20 Å². The number of nitrogens with zero attached hydrogens (tertiary/aromatic N) is 2. The van der Waals surface area contributed by atoms with Crippen molar-refractivity contribution < 1.29 is 4.79 Å². The summed E-state index contributed by atoms with van der Waals surface area (Å²) < 4.78 is 0. The summed E-state index contributed by atoms with van der Waals surface area (Å²) in [4.78, 5) is 18.2. The molecule has 1 saturated heterocycles. The molecule has 0 radical (unpaired) electrons. The van der Waals surface area contributed by atoms with Gasteiger partial charge in [-0.15, -0.1) is 0 Å². The quantitative estimate of drug-likeness (QED) is 0.817. The number of pyridine rings is 1. The molecule has 0 bridgehead atoms. The number of anilines is 1. The fraction of sp³-hybridized carbons (Fsp3) is 0.500. The van der Waals surface area contributed by atoms with Gasteiger partial charge in [-0.25, -0.2) is 4.98 Å². The maximum Gasteiger partial charge on any atom is 0.229 e. The predicted octanol–water partition coefficient (Wildman–Crippen LogP) is 1.36. The smallest absolute Gasteiger partial charge is 0.229 e. The minimum atomic E-state index is 0.0882. The summed E-state index contributed by atoms with van der Waals surface area (Å²) in [5.74, 6) is 0.826. The zero-order chi connectivity index (χ0) is 11.4. The number of hydrogen-bond donors (Lipinski definition) is 1. The number of rotatable bonds is 2. The summed E-state index contributed by atoms with van der Waals surface area (Å²) in [6.07, 6.45) is 3.75. The Hall–Kier alpha value is -1.42. The molecule has 0 aliphatic carbocycles. The van der Waals surface area contributed by atoms with E-state index in [-0.39, 0.29) is 11.8 Å². The van der Waals surface area contributed by atoms with Gasteiger partial charge < -0.3 is 10.2 Å². The molecule has 0 spiro atoms. The first kappa shape index (κ1) is 11.1. The molecule has 1 aliphatic heterocycles. The van der Waals surface area contributed by atoms with E-state index in [2.05, 4.69) is 22.2 Å². The van der Waals surface area contributed by atoms with E-state index in [1.807, 2.05) is 18.2 Å². The SMILES string of the molecule is CN1CCCC(C(=O)Nc2ccccn2)C1. The van der Waals surface area contributed by atoms with E-state index < -0.39 is 0 Å². The third-order valence-electron chi connectivity index (χ3n) is 2.91. The van der Waals surface area contributed by atoms with Crippen molar-refractivity contribution in [1.29, 1.82) is 0 Å². The lowest BCUT2D eigenvalue weighted by atomic mass is 9.98. The van der Waals surface area contributed by atoms with Gasteiger partial charge in [-0.3, -0.25) is 4.79 Å². The standard InChI is InChI=1S/C12H17N3O/c1-15-8-4-5-10(9-15)12(16)14-11-6-2-3-7-13-11/h2-3,6-7,10H,4-5,8-9H2,1H3,(H,13,14,16). The molecule has 16 heavy (non-hydrogen) atoms. The van der Waals surface area contributed by atoms with Gasteiger partial charge in [-0.1, -0.05) is 6.07 Å². The van der Waals surface area contributed by atoms with Gasteiger partial charge in [0, 0.05) is 12.7 Å². The first-order valence-electron chi connectivity index (χ1n) is 5.66. The molecule has 4 nitrogen and oxygen atoms in total. The van der Waals surface area contributed by atoms with Gasteiger partial charge in [0.15, 0.2) is 0 Å². The highest BCUT2D eigenvalue weighted by atomic mass is 16.2. The second kappa shape index (κ2) is 5.07. The van der Waals surface area contributed by atoms with Crippen molar-refractivity contribution >= 4 is 11.7 Å². The number of likely N-dealkylation sites (tertiary alicyclic amines) is 1. The molecular formula is C12H17N3O. The summed E-state index contributed by atoms with van der Waals surface area (Å²) in [6, 6.07) is 5.52. The Labute approximate surface area is 95.7 Å². The maximum atomic E-state index is 11.9. The number of carbonyl (C=O) groups is 1. The Balaban J connectivity index is 1.93. The van der Waals surface area contributed by atoms with Gasteiger partial charge in [0.05, 0.1) is 5.92 Å². The molecular weight excluding hydrogens is 202 g/mol. The van der Waals surface area contributed by atoms with Gasteiger partial charge >= 0.3 is 0 Å². The third-order valence-corrected chi connectivity index (χ3v) is 2.91. The zero-order valence-electron chi connectivity index (χ0n) is 9.52. The minimum absolute atomic E-state index is 0.0882. The van der Waals surface area contributed by atoms with Crippen LogP contribution in [-0.2, 0) is 4.79 Å². The van der Waals surface area contributed by atoms with E-state index in [4.69, 9.17) is 0 Å². The topological polar surface area (TPSA) is 45.2 Å². The van der Waals surface area contributed by atoms with E-state index in [1.165, 1.54) is 0 Å². The van der Waals surface area contributed by atoms with Crippen LogP contribution in [0.5, 0.6) is 0 Å². The number of hydrogen-bond acceptors (Lipinski definition) is 3. The number of nitrogens with one attached hydrogen (secondary N) is 1. The van der Waals surface area contributed by atoms with Gasteiger partial charge in [-0.05, 0) is 38.6 Å². The molecule has 1 fully saturated rings. The van der Waals surface area contributed by atoms with Crippen molar-refractivity contribution in [3.63, 3.8) is 0 Å². The molecule has 2 rings (SSSR count). The van der Waals surface area contributed by atoms with Crippen LogP contribution in [0, 0.1) is 5.92 Å². The van der Waals surface area contributed by atoms with Gasteiger partial charge in [0.25, 0.3) is 0 Å². The van der Waals surface area contributed by atoms with Crippen LogP contribution in [-0.4, -0.2) is 35.9 Å². The summed E-state index contributed by atoms with van der Waals surface area (Å²) in [6.45, 7) is 1.94. The van der Waals surface area contributed by atoms with E-state index >= 15 is 0 Å². The molecule has 86 valence electrons. The van der Waals surface area contributed by atoms with Crippen LogP contribution < -0.4 is 5.32 Å². The van der Waals surface area contributed by atoms with Crippen LogP contribution in [0.1, 0.15) is 12.8 Å². The van der Waals surface area contributed by atoms with Crippen LogP contribution >= 0.6 is 0 Å². The highest BCUT2D eigenvalue weighted by Crippen LogP contribution is 2.16. The van der Waals surface area contributed by atoms with Crippen molar-refractivity contribution in [2.24, 2.45) is 5.92 Å². The van der Waals surface area contributed by atoms with Crippen molar-refractivity contribution in [2.45, 2.75) is 12.8 Å². The summed E-state index contributed by atoms with van der Waals surface area (Å²) in [5.41, 5.74) is 0. The first-order chi connectivity index (χ1) is 7.75. The highest BCUT2D eigenvalue weighted by molar-refractivity contribution is 5.91. The van der Waals surface area contributed by atoms with Gasteiger partial charge in [0.2, 0.25) is 5.91 Å². The molecule has 1 aromatic heterocycles. The Kier molecular flexibility index (Phi) is 3.51. The second-order valence-electron chi connectivity index (χ2n) is 4.31. The van der Waals surface area contributed by atoms with E-state index in [9.17, 15) is 4.79 Å². The average molecular weight is 219 g/mol. The normalized spacial score (nSPS) is 21.7. The van der Waals surface area contributed by atoms with Crippen molar-refractivity contribution in [1.82, 2.24) is 9.88 Å². The average Bonchev–Trinajstić information content (AvgIpc) is 2.30. The fourth-order valence-corrected chi connectivity index (χ4v) is 2.05. The first-order valence-corrected chi connectivity index (χ1v) is 5.66. The van der Waals surface area contributed by atoms with Crippen LogP contribution in [0.15, 0.2) is 24.4 Å². The number of carbonyl (C=O) groups excluding carboxylic acids is 1. The Morgan fingerprint density at radius 1 is 1.56 bits per heavy atom. The Morgan fingerprint density at radius 3 is 3.12 bits per heavy atom. The van der Waals surface area contributed by atoms with Crippen molar-refractivity contribution in [3.8, 4) is 0 Å². The lowest BCUT2D eigenvalue weighted by Crippen LogP contribution is -2.38. The highest BCUT2D eigenvalue weighted by Gasteiger charge is 2.23. The molecule has 4 heteroatoms. The van der Waals surface area contributed by atoms with E-state index in [0.29, 0.717) is 5.82 Å². The molecule has 2 heterocycles. The molecule has 1 amide bonds. The number of piperidine rings is 1. The molecule has 1 unspecified atom stereocenters. The van der Waals surface area contributed by atoms with Crippen molar-refractivity contribution in [2.75, 3.05) is 25.5 Å². The van der Waals surface area contributed by atoms with Gasteiger partial charge in [0.1, 0.15) is 5.82 Å². The fourth-order valence-electron chi connectivity index (χ4n) is 2.05. The molecule has 1 aromatic rings. The molecule has 0 aromatic carbocycles. The number of amides is 1. The maximum absolute atomic E-state index is 11.9. The predicted molar refractivity (Wildman–Crippen MR) is 63.1 cm³/mol. The van der Waals surface area contributed by atoms with E-state index in [0.717, 1.165) is 25.9 Å². The Morgan fingerprint density at radius 2 is 2.44 bits per heavy atom. The largest absolute Gasteiger partial charge is 0.310 e. The van der Waals surface area contributed by atoms with Crippen LogP contribution in [0.2, 0.25) is 0 Å². The van der Waals surface area contributed by atoms with Crippen LogP contribution in [0.3, 0.4) is 0 Å². The molecule has 1 atom stereocenters.